The van der Waals surface area contributed by atoms with Crippen LogP contribution in [0.1, 0.15) is 33.0 Å². The standard InChI is InChI=1S/C15H26N4O3S.ClH/c1-10(2)6-15(4,9-16)18-14(21)8-23-7-13(20)17-12-5-11(3)22-19-12;/h5,10H,6-9,16H2,1-4H3,(H,18,21)(H,17,19,20);1H. The fourth-order valence-corrected chi connectivity index (χ4v) is 2.92. The molecule has 0 aliphatic rings. The number of thioether (sulfide) groups is 1. The number of aromatic nitrogens is 1. The predicted octanol–water partition coefficient (Wildman–Crippen LogP) is 1.96. The van der Waals surface area contributed by atoms with Gasteiger partial charge in [-0.05, 0) is 26.2 Å². The number of carbonyl (C=O) groups excluding carboxylic acids is 2. The number of nitrogens with two attached hydrogens (primary N) is 1. The van der Waals surface area contributed by atoms with Crippen LogP contribution in [0.2, 0.25) is 0 Å². The molecule has 4 N–H and O–H groups in total. The second-order valence-corrected chi connectivity index (χ2v) is 7.26. The molecule has 1 heterocycles. The monoisotopic (exact) mass is 378 g/mol. The molecular formula is C15H27ClN4O3S. The third-order valence-electron chi connectivity index (χ3n) is 3.11. The smallest absolute Gasteiger partial charge is 0.235 e. The van der Waals surface area contributed by atoms with Gasteiger partial charge in [0.2, 0.25) is 11.8 Å². The minimum absolute atomic E-state index is 0. The predicted molar refractivity (Wildman–Crippen MR) is 99.5 cm³/mol. The molecule has 0 saturated carbocycles. The highest BCUT2D eigenvalue weighted by Crippen LogP contribution is 2.15. The third-order valence-corrected chi connectivity index (χ3v) is 4.04. The van der Waals surface area contributed by atoms with Gasteiger partial charge in [0.15, 0.2) is 5.82 Å². The van der Waals surface area contributed by atoms with Gasteiger partial charge < -0.3 is 20.9 Å². The molecule has 0 aliphatic heterocycles. The largest absolute Gasteiger partial charge is 0.360 e. The topological polar surface area (TPSA) is 110 Å². The number of hydrogen-bond acceptors (Lipinski definition) is 6. The van der Waals surface area contributed by atoms with Crippen LogP contribution < -0.4 is 16.4 Å². The lowest BCUT2D eigenvalue weighted by Crippen LogP contribution is -2.52. The number of carbonyl (C=O) groups is 2. The molecule has 1 atom stereocenters. The normalized spacial score (nSPS) is 13.1. The summed E-state index contributed by atoms with van der Waals surface area (Å²) in [5, 5.41) is 9.24. The van der Waals surface area contributed by atoms with E-state index in [1.807, 2.05) is 6.92 Å². The summed E-state index contributed by atoms with van der Waals surface area (Å²) in [6.45, 7) is 8.24. The Morgan fingerprint density at radius 1 is 1.38 bits per heavy atom. The van der Waals surface area contributed by atoms with Gasteiger partial charge in [-0.1, -0.05) is 19.0 Å². The van der Waals surface area contributed by atoms with Crippen LogP contribution in [-0.4, -0.2) is 40.6 Å². The molecule has 0 spiro atoms. The first-order chi connectivity index (χ1) is 10.7. The molecule has 1 rings (SSSR count). The second-order valence-electron chi connectivity index (χ2n) is 6.27. The summed E-state index contributed by atoms with van der Waals surface area (Å²) in [5.41, 5.74) is 5.36. The maximum atomic E-state index is 12.0. The molecule has 0 radical (unpaired) electrons. The number of anilines is 1. The van der Waals surface area contributed by atoms with Gasteiger partial charge >= 0.3 is 0 Å². The quantitative estimate of drug-likeness (QED) is 0.605. The van der Waals surface area contributed by atoms with Crippen LogP contribution in [0.4, 0.5) is 5.82 Å². The van der Waals surface area contributed by atoms with Crippen LogP contribution in [0, 0.1) is 12.8 Å². The highest BCUT2D eigenvalue weighted by molar-refractivity contribution is 8.00. The van der Waals surface area contributed by atoms with Gasteiger partial charge in [-0.15, -0.1) is 24.2 Å². The van der Waals surface area contributed by atoms with Gasteiger partial charge in [0.25, 0.3) is 0 Å². The molecule has 0 saturated heterocycles. The van der Waals surface area contributed by atoms with Crippen molar-refractivity contribution < 1.29 is 14.1 Å². The summed E-state index contributed by atoms with van der Waals surface area (Å²) in [5.74, 6) is 1.48. The van der Waals surface area contributed by atoms with Crippen molar-refractivity contribution in [2.75, 3.05) is 23.4 Å². The Bertz CT molecular complexity index is 539. The molecular weight excluding hydrogens is 352 g/mol. The number of amides is 2. The molecule has 2 amide bonds. The number of nitrogens with one attached hydrogen (secondary N) is 2. The van der Waals surface area contributed by atoms with E-state index < -0.39 is 5.54 Å². The first-order valence-corrected chi connectivity index (χ1v) is 8.71. The molecule has 9 heteroatoms. The maximum absolute atomic E-state index is 12.0. The summed E-state index contributed by atoms with van der Waals surface area (Å²) >= 11 is 1.24. The maximum Gasteiger partial charge on any atom is 0.235 e. The fraction of sp³-hybridized carbons (Fsp3) is 0.667. The zero-order valence-electron chi connectivity index (χ0n) is 14.5. The van der Waals surface area contributed by atoms with Crippen LogP contribution in [0.15, 0.2) is 10.6 Å². The molecule has 138 valence electrons. The van der Waals surface area contributed by atoms with Gasteiger partial charge in [0.05, 0.1) is 11.5 Å². The molecule has 1 unspecified atom stereocenters. The highest BCUT2D eigenvalue weighted by atomic mass is 35.5. The van der Waals surface area contributed by atoms with E-state index in [0.717, 1.165) is 6.42 Å². The van der Waals surface area contributed by atoms with Crippen molar-refractivity contribution in [3.05, 3.63) is 11.8 Å². The molecule has 0 bridgehead atoms. The summed E-state index contributed by atoms with van der Waals surface area (Å²) in [6.07, 6.45) is 0.811. The molecule has 1 aromatic rings. The molecule has 0 fully saturated rings. The Morgan fingerprint density at radius 3 is 2.50 bits per heavy atom. The first kappa shape index (κ1) is 22.8. The second kappa shape index (κ2) is 10.6. The van der Waals surface area contributed by atoms with Crippen LogP contribution in [0.3, 0.4) is 0 Å². The molecule has 1 aromatic heterocycles. The zero-order chi connectivity index (χ0) is 17.5. The van der Waals surface area contributed by atoms with Gasteiger partial charge in [-0.2, -0.15) is 0 Å². The lowest BCUT2D eigenvalue weighted by Gasteiger charge is -2.31. The van der Waals surface area contributed by atoms with E-state index in [1.165, 1.54) is 11.8 Å². The molecule has 7 nitrogen and oxygen atoms in total. The van der Waals surface area contributed by atoms with E-state index >= 15 is 0 Å². The highest BCUT2D eigenvalue weighted by Gasteiger charge is 2.25. The Kier molecular flexibility index (Phi) is 10.0. The minimum atomic E-state index is -0.410. The lowest BCUT2D eigenvalue weighted by atomic mass is 9.91. The average Bonchev–Trinajstić information content (AvgIpc) is 2.82. The first-order valence-electron chi connectivity index (χ1n) is 7.56. The van der Waals surface area contributed by atoms with E-state index in [0.29, 0.717) is 24.0 Å². The van der Waals surface area contributed by atoms with E-state index in [1.54, 1.807) is 13.0 Å². The Balaban J connectivity index is 0.00000529. The van der Waals surface area contributed by atoms with Crippen molar-refractivity contribution in [1.29, 1.82) is 0 Å². The third kappa shape index (κ3) is 8.56. The van der Waals surface area contributed by atoms with E-state index in [9.17, 15) is 9.59 Å². The number of aryl methyl sites for hydroxylation is 1. The van der Waals surface area contributed by atoms with E-state index in [4.69, 9.17) is 10.3 Å². The molecule has 0 aliphatic carbocycles. The number of rotatable bonds is 9. The summed E-state index contributed by atoms with van der Waals surface area (Å²) in [4.78, 5) is 23.7. The van der Waals surface area contributed by atoms with Crippen molar-refractivity contribution in [3.8, 4) is 0 Å². The number of nitrogens with zero attached hydrogens (tertiary/aromatic N) is 1. The minimum Gasteiger partial charge on any atom is -0.360 e. The Labute approximate surface area is 153 Å². The van der Waals surface area contributed by atoms with Crippen LogP contribution in [0.5, 0.6) is 0 Å². The van der Waals surface area contributed by atoms with Crippen molar-refractivity contribution >= 4 is 41.8 Å². The zero-order valence-corrected chi connectivity index (χ0v) is 16.2. The molecule has 0 aromatic carbocycles. The van der Waals surface area contributed by atoms with Crippen molar-refractivity contribution in [1.82, 2.24) is 10.5 Å². The van der Waals surface area contributed by atoms with E-state index in [2.05, 4.69) is 29.6 Å². The van der Waals surface area contributed by atoms with Gasteiger partial charge in [-0.3, -0.25) is 9.59 Å². The van der Waals surface area contributed by atoms with Crippen LogP contribution in [0.25, 0.3) is 0 Å². The van der Waals surface area contributed by atoms with E-state index in [-0.39, 0.29) is 35.7 Å². The number of hydrogen-bond donors (Lipinski definition) is 3. The summed E-state index contributed by atoms with van der Waals surface area (Å²) < 4.78 is 4.86. The lowest BCUT2D eigenvalue weighted by molar-refractivity contribution is -0.120. The van der Waals surface area contributed by atoms with Gasteiger partial charge in [-0.25, -0.2) is 0 Å². The molecule has 24 heavy (non-hydrogen) atoms. The summed E-state index contributed by atoms with van der Waals surface area (Å²) in [7, 11) is 0. The number of halogens is 1. The average molecular weight is 379 g/mol. The van der Waals surface area contributed by atoms with Crippen LogP contribution in [-0.2, 0) is 9.59 Å². The van der Waals surface area contributed by atoms with Crippen molar-refractivity contribution in [3.63, 3.8) is 0 Å². The summed E-state index contributed by atoms with van der Waals surface area (Å²) in [6, 6.07) is 1.63. The Morgan fingerprint density at radius 2 is 2.00 bits per heavy atom. The van der Waals surface area contributed by atoms with Crippen molar-refractivity contribution in [2.24, 2.45) is 11.7 Å². The van der Waals surface area contributed by atoms with Crippen molar-refractivity contribution in [2.45, 2.75) is 39.7 Å². The SMILES string of the molecule is Cc1cc(NC(=O)CSCC(=O)NC(C)(CN)CC(C)C)no1.Cl. The van der Waals surface area contributed by atoms with Gasteiger partial charge in [0, 0.05) is 18.2 Å². The fourth-order valence-electron chi connectivity index (χ4n) is 2.30. The van der Waals surface area contributed by atoms with Crippen LogP contribution >= 0.6 is 24.2 Å². The van der Waals surface area contributed by atoms with Gasteiger partial charge in [0.1, 0.15) is 5.76 Å². The Hall–Kier alpha value is -1.25.